The van der Waals surface area contributed by atoms with Gasteiger partial charge >= 0.3 is 5.97 Å². The molecule has 5 N–H and O–H groups in total. The van der Waals surface area contributed by atoms with Gasteiger partial charge in [-0.2, -0.15) is 0 Å². The Morgan fingerprint density at radius 3 is 2.12 bits per heavy atom. The summed E-state index contributed by atoms with van der Waals surface area (Å²) in [6, 6.07) is 0. The van der Waals surface area contributed by atoms with Gasteiger partial charge < -0.3 is 68.2 Å². The van der Waals surface area contributed by atoms with E-state index in [0.29, 0.717) is 57.8 Å². The molecule has 7 rings (SSSR count). The van der Waals surface area contributed by atoms with Crippen LogP contribution < -0.4 is 0 Å². The fourth-order valence-corrected chi connectivity index (χ4v) is 11.5. The van der Waals surface area contributed by atoms with Crippen molar-refractivity contribution in [1.82, 2.24) is 0 Å². The lowest BCUT2D eigenvalue weighted by atomic mass is 9.82. The number of rotatable bonds is 4. The first kappa shape index (κ1) is 58.0. The van der Waals surface area contributed by atoms with E-state index in [9.17, 15) is 30.3 Å². The summed E-state index contributed by atoms with van der Waals surface area (Å²) in [6.45, 7) is 5.75. The van der Waals surface area contributed by atoms with E-state index in [-0.39, 0.29) is 67.3 Å². The number of methoxy groups -OCH3 is 2. The van der Waals surface area contributed by atoms with Crippen LogP contribution in [0.25, 0.3) is 0 Å². The van der Waals surface area contributed by atoms with Gasteiger partial charge in [0.25, 0.3) is 0 Å². The maximum atomic E-state index is 13.6. The molecule has 0 aromatic heterocycles. The smallest absolute Gasteiger partial charge is 0.308 e. The lowest BCUT2D eigenvalue weighted by molar-refractivity contribution is -0.414. The normalized spacial score (nSPS) is 46.6. The molecule has 0 radical (unpaired) electrons. The molecule has 6 saturated heterocycles. The van der Waals surface area contributed by atoms with Crippen molar-refractivity contribution in [2.24, 2.45) is 17.8 Å². The molecule has 15 nitrogen and oxygen atoms in total. The summed E-state index contributed by atoms with van der Waals surface area (Å²) in [7, 11) is 3.18. The molecule has 0 amide bonds. The van der Waals surface area contributed by atoms with Crippen LogP contribution in [0.5, 0.6) is 0 Å². The van der Waals surface area contributed by atoms with Crippen LogP contribution in [-0.2, 0) is 47.4 Å². The number of carbonyl (C=O) groups excluding carboxylic acids is 1. The van der Waals surface area contributed by atoms with E-state index in [1.54, 1.807) is 14.2 Å². The molecule has 7 aliphatic rings. The average Bonchev–Trinajstić information content (AvgIpc) is 3.62. The molecule has 20 heteroatoms. The van der Waals surface area contributed by atoms with Gasteiger partial charge in [-0.05, 0) is 69.8 Å². The highest BCUT2D eigenvalue weighted by Gasteiger charge is 2.61. The fourth-order valence-electron chi connectivity index (χ4n) is 11.1. The lowest BCUT2D eigenvalue weighted by Gasteiger charge is -2.54. The first-order chi connectivity index (χ1) is 31.9. The summed E-state index contributed by atoms with van der Waals surface area (Å²) < 4.78 is 58.0. The zero-order valence-corrected chi connectivity index (χ0v) is 43.4. The standard InChI is InChI=1S/C45H73ClO15.2CH2Cl2/c1-25-11-15-43-17-13-34(53-4)42(60-43)41(52)40(51)26(2)9-10-33-39(46)37(54-5)23-44(57-33)16-12-27(3)45(61-44)24-36(32(59-45)14-18-47)56-38(50)22-31-8-6-7-30(55-31)20-28(48)19-29(49)21-35(25)58-43;2*2-1-3/h11,15,25-37,39-42,47-49,51-52H,6-10,12-14,16-24H2,1-5H3;2*1H2/t25-,26-,27-,28-,29-,30-,31+,32-,33+,34-,35+,36-,37+,39+,40-,41-,42-,43-,44+,45+;;/m0../s1. The van der Waals surface area contributed by atoms with Crippen LogP contribution in [0.3, 0.4) is 0 Å². The van der Waals surface area contributed by atoms with Crippen LogP contribution in [0.4, 0.5) is 0 Å². The molecule has 0 unspecified atom stereocenters. The van der Waals surface area contributed by atoms with Gasteiger partial charge in [0.15, 0.2) is 17.4 Å². The van der Waals surface area contributed by atoms with Gasteiger partial charge in [0, 0.05) is 71.2 Å². The summed E-state index contributed by atoms with van der Waals surface area (Å²) in [4.78, 5) is 13.6. The van der Waals surface area contributed by atoms with Gasteiger partial charge in [-0.3, -0.25) is 4.79 Å². The van der Waals surface area contributed by atoms with Crippen molar-refractivity contribution in [3.05, 3.63) is 12.2 Å². The number of hydrogen-bond donors (Lipinski definition) is 5. The predicted octanol–water partition coefficient (Wildman–Crippen LogP) is 7.02. The van der Waals surface area contributed by atoms with E-state index in [1.165, 1.54) is 0 Å². The molecule has 7 aliphatic heterocycles. The van der Waals surface area contributed by atoms with Crippen molar-refractivity contribution in [2.45, 2.75) is 226 Å². The zero-order valence-electron chi connectivity index (χ0n) is 39.6. The number of carbonyl (C=O) groups is 1. The topological polar surface area (TPSA) is 201 Å². The number of esters is 1. The number of halogens is 5. The van der Waals surface area contributed by atoms with Gasteiger partial charge in [-0.1, -0.05) is 26.8 Å². The first-order valence-corrected chi connectivity index (χ1v) is 26.7. The molecule has 6 fully saturated rings. The maximum absolute atomic E-state index is 13.6. The van der Waals surface area contributed by atoms with Crippen molar-refractivity contribution in [2.75, 3.05) is 31.5 Å². The van der Waals surface area contributed by atoms with Gasteiger partial charge in [-0.15, -0.1) is 58.0 Å². The average molecular weight is 1060 g/mol. The number of alkyl halides is 5. The second-order valence-electron chi connectivity index (χ2n) is 19.6. The Morgan fingerprint density at radius 1 is 0.746 bits per heavy atom. The number of aliphatic hydroxyl groups is 5. The third-order valence-corrected chi connectivity index (χ3v) is 15.4. The minimum absolute atomic E-state index is 0.0344. The predicted molar refractivity (Wildman–Crippen MR) is 253 cm³/mol. The maximum Gasteiger partial charge on any atom is 0.308 e. The summed E-state index contributed by atoms with van der Waals surface area (Å²) >= 11 is 26.1. The third kappa shape index (κ3) is 15.1. The molecule has 3 spiro atoms. The Balaban J connectivity index is 0.00000133. The number of fused-ring (bicyclic) bond motifs is 6. The molecule has 9 bridgehead atoms. The van der Waals surface area contributed by atoms with Crippen molar-refractivity contribution < 1.29 is 73.0 Å². The summed E-state index contributed by atoms with van der Waals surface area (Å²) in [5, 5.41) is 55.8. The van der Waals surface area contributed by atoms with Crippen LogP contribution in [0.1, 0.15) is 124 Å². The Hall–Kier alpha value is 0.140. The largest absolute Gasteiger partial charge is 0.459 e. The SMILES string of the molecule is CO[C@H]1CC[C@]23C=C[C@H](C)[C@@H](C[C@@H](O)C[C@H](O)C[C@@H]4CCC[C@H](CC(=O)O[C@H]5C[C@@]6(O[C@H]5CCO)O[C@]5(CC[C@@H]6C)C[C@@H](OC)[C@H](Cl)[C@@H](CC[C@H](C)[C@H](O)[C@H](O)[C@H]1O2)O5)O4)O3.ClCCl.ClCCl. The van der Waals surface area contributed by atoms with Crippen molar-refractivity contribution in [1.29, 1.82) is 0 Å². The Kier molecular flexibility index (Phi) is 23.3. The Bertz CT molecular complexity index is 1520. The van der Waals surface area contributed by atoms with Gasteiger partial charge in [0.05, 0.1) is 77.4 Å². The summed E-state index contributed by atoms with van der Waals surface area (Å²) in [6.07, 6.45) is 1.63. The van der Waals surface area contributed by atoms with Crippen molar-refractivity contribution in [3.8, 4) is 0 Å². The first-order valence-electron chi connectivity index (χ1n) is 24.1. The van der Waals surface area contributed by atoms with E-state index < -0.39 is 108 Å². The van der Waals surface area contributed by atoms with Crippen molar-refractivity contribution >= 4 is 64.0 Å². The van der Waals surface area contributed by atoms with E-state index in [4.69, 9.17) is 101 Å². The molecule has 20 atom stereocenters. The number of aliphatic hydroxyl groups excluding tert-OH is 5. The van der Waals surface area contributed by atoms with Crippen molar-refractivity contribution in [3.63, 3.8) is 0 Å². The molecule has 0 aromatic rings. The molecule has 0 aromatic carbocycles. The minimum Gasteiger partial charge on any atom is -0.459 e. The minimum atomic E-state index is -1.32. The highest BCUT2D eigenvalue weighted by Crippen LogP contribution is 2.53. The van der Waals surface area contributed by atoms with Gasteiger partial charge in [0.1, 0.15) is 24.4 Å². The highest BCUT2D eigenvalue weighted by molar-refractivity contribution is 6.41. The number of ether oxygens (including phenoxy) is 9. The van der Waals surface area contributed by atoms with Crippen LogP contribution in [0.15, 0.2) is 12.2 Å². The lowest BCUT2D eigenvalue weighted by Crippen LogP contribution is -2.61. The second kappa shape index (κ2) is 26.9. The number of hydrogen-bond acceptors (Lipinski definition) is 15. The molecule has 7 heterocycles. The molecule has 390 valence electrons. The van der Waals surface area contributed by atoms with Crippen LogP contribution in [-0.4, -0.2) is 165 Å². The highest BCUT2D eigenvalue weighted by atomic mass is 35.5. The Labute approximate surface area is 421 Å². The van der Waals surface area contributed by atoms with E-state index >= 15 is 0 Å². The van der Waals surface area contributed by atoms with Crippen LogP contribution >= 0.6 is 58.0 Å². The van der Waals surface area contributed by atoms with Gasteiger partial charge in [0.2, 0.25) is 0 Å². The van der Waals surface area contributed by atoms with Crippen LogP contribution in [0.2, 0.25) is 0 Å². The van der Waals surface area contributed by atoms with E-state index in [2.05, 4.69) is 0 Å². The van der Waals surface area contributed by atoms with Crippen LogP contribution in [0, 0.1) is 17.8 Å². The summed E-state index contributed by atoms with van der Waals surface area (Å²) in [5.74, 6) is -4.49. The van der Waals surface area contributed by atoms with E-state index in [0.717, 1.165) is 12.8 Å². The molecule has 0 aliphatic carbocycles. The monoisotopic (exact) mass is 1060 g/mol. The van der Waals surface area contributed by atoms with E-state index in [1.807, 2.05) is 32.9 Å². The molecule has 67 heavy (non-hydrogen) atoms. The fraction of sp³-hybridized carbons (Fsp3) is 0.936. The quantitative estimate of drug-likeness (QED) is 0.109. The zero-order chi connectivity index (χ0) is 49.1. The van der Waals surface area contributed by atoms with Gasteiger partial charge in [-0.25, -0.2) is 0 Å². The molecular formula is C47H77Cl5O15. The second-order valence-corrected chi connectivity index (χ2v) is 21.7. The Morgan fingerprint density at radius 2 is 1.43 bits per heavy atom. The molecule has 0 saturated carbocycles. The third-order valence-electron chi connectivity index (χ3n) is 14.9. The summed E-state index contributed by atoms with van der Waals surface area (Å²) in [5.41, 5.74) is 0. The molecular weight excluding hydrogens is 982 g/mol.